The van der Waals surface area contributed by atoms with Crippen LogP contribution in [0.25, 0.3) is 0 Å². The standard InChI is InChI=1S/C21H22FN3O4S/c1-14(28-17-9-7-16(22)8-10-17)20-24-25-21(29-20)30-13-19(26)23-12-11-15-5-3-4-6-18(15)27-2/h3-10,14H,11-13H2,1-2H3,(H,23,26)/t14-/m0/s1. The molecule has 1 atom stereocenters. The lowest BCUT2D eigenvalue weighted by Gasteiger charge is -2.10. The summed E-state index contributed by atoms with van der Waals surface area (Å²) in [6.45, 7) is 2.24. The Morgan fingerprint density at radius 2 is 1.97 bits per heavy atom. The van der Waals surface area contributed by atoms with Gasteiger partial charge in [0.05, 0.1) is 12.9 Å². The van der Waals surface area contributed by atoms with E-state index in [2.05, 4.69) is 15.5 Å². The summed E-state index contributed by atoms with van der Waals surface area (Å²) in [5.74, 6) is 1.25. The van der Waals surface area contributed by atoms with Gasteiger partial charge in [-0.3, -0.25) is 4.79 Å². The average molecular weight is 431 g/mol. The van der Waals surface area contributed by atoms with E-state index in [9.17, 15) is 9.18 Å². The summed E-state index contributed by atoms with van der Waals surface area (Å²) < 4.78 is 29.4. The molecule has 1 amide bonds. The third-order valence-corrected chi connectivity index (χ3v) is 4.95. The Morgan fingerprint density at radius 1 is 1.20 bits per heavy atom. The second-order valence-corrected chi connectivity index (χ2v) is 7.25. The number of para-hydroxylation sites is 1. The molecule has 1 aromatic heterocycles. The number of halogens is 1. The molecule has 0 spiro atoms. The van der Waals surface area contributed by atoms with Crippen LogP contribution in [0, 0.1) is 5.82 Å². The number of thioether (sulfide) groups is 1. The predicted octanol–water partition coefficient (Wildman–Crippen LogP) is 3.81. The Bertz CT molecular complexity index is 965. The highest BCUT2D eigenvalue weighted by Crippen LogP contribution is 2.24. The number of benzene rings is 2. The maximum absolute atomic E-state index is 13.0. The first-order chi connectivity index (χ1) is 14.5. The fourth-order valence-corrected chi connectivity index (χ4v) is 3.23. The highest BCUT2D eigenvalue weighted by Gasteiger charge is 2.17. The summed E-state index contributed by atoms with van der Waals surface area (Å²) >= 11 is 1.15. The molecule has 1 N–H and O–H groups in total. The number of ether oxygens (including phenoxy) is 2. The first-order valence-electron chi connectivity index (χ1n) is 9.32. The average Bonchev–Trinajstić information content (AvgIpc) is 3.23. The maximum Gasteiger partial charge on any atom is 0.277 e. The molecule has 0 saturated heterocycles. The summed E-state index contributed by atoms with van der Waals surface area (Å²) in [5.41, 5.74) is 1.03. The Kier molecular flexibility index (Phi) is 7.67. The normalized spacial score (nSPS) is 11.7. The van der Waals surface area contributed by atoms with E-state index in [0.29, 0.717) is 18.7 Å². The number of rotatable bonds is 10. The molecule has 0 unspecified atom stereocenters. The fourth-order valence-electron chi connectivity index (χ4n) is 2.64. The van der Waals surface area contributed by atoms with E-state index in [1.807, 2.05) is 24.3 Å². The SMILES string of the molecule is COc1ccccc1CCNC(=O)CSc1nnc([C@H](C)Oc2ccc(F)cc2)o1. The van der Waals surface area contributed by atoms with E-state index in [0.717, 1.165) is 23.1 Å². The largest absolute Gasteiger partial charge is 0.496 e. The van der Waals surface area contributed by atoms with Crippen LogP contribution in [0.15, 0.2) is 58.2 Å². The molecule has 0 bridgehead atoms. The lowest BCUT2D eigenvalue weighted by molar-refractivity contribution is -0.118. The Morgan fingerprint density at radius 3 is 2.73 bits per heavy atom. The van der Waals surface area contributed by atoms with Gasteiger partial charge in [-0.2, -0.15) is 0 Å². The topological polar surface area (TPSA) is 86.5 Å². The molecular formula is C21H22FN3O4S. The number of nitrogens with one attached hydrogen (secondary N) is 1. The third kappa shape index (κ3) is 6.21. The van der Waals surface area contributed by atoms with Crippen molar-refractivity contribution in [3.8, 4) is 11.5 Å². The molecule has 0 aliphatic carbocycles. The second kappa shape index (κ2) is 10.6. The predicted molar refractivity (Wildman–Crippen MR) is 110 cm³/mol. The van der Waals surface area contributed by atoms with Crippen molar-refractivity contribution in [3.63, 3.8) is 0 Å². The van der Waals surface area contributed by atoms with Crippen LogP contribution in [0.3, 0.4) is 0 Å². The van der Waals surface area contributed by atoms with Gasteiger partial charge in [-0.25, -0.2) is 4.39 Å². The van der Waals surface area contributed by atoms with Crippen molar-refractivity contribution in [2.75, 3.05) is 19.4 Å². The van der Waals surface area contributed by atoms with Gasteiger partial charge in [0.2, 0.25) is 5.91 Å². The maximum atomic E-state index is 13.0. The Balaban J connectivity index is 1.42. The number of aromatic nitrogens is 2. The molecule has 3 aromatic rings. The molecular weight excluding hydrogens is 409 g/mol. The van der Waals surface area contributed by atoms with Crippen LogP contribution in [0.4, 0.5) is 4.39 Å². The Labute approximate surface area is 178 Å². The minimum absolute atomic E-state index is 0.134. The minimum atomic E-state index is -0.507. The van der Waals surface area contributed by atoms with Crippen LogP contribution >= 0.6 is 11.8 Å². The van der Waals surface area contributed by atoms with Crippen LogP contribution in [0.2, 0.25) is 0 Å². The first-order valence-corrected chi connectivity index (χ1v) is 10.3. The third-order valence-electron chi connectivity index (χ3n) is 4.13. The number of methoxy groups -OCH3 is 1. The summed E-state index contributed by atoms with van der Waals surface area (Å²) in [5, 5.41) is 11.0. The highest BCUT2D eigenvalue weighted by atomic mass is 32.2. The van der Waals surface area contributed by atoms with Gasteiger partial charge < -0.3 is 19.2 Å². The van der Waals surface area contributed by atoms with Crippen molar-refractivity contribution in [1.82, 2.24) is 15.5 Å². The van der Waals surface area contributed by atoms with Gasteiger partial charge in [-0.05, 0) is 49.2 Å². The second-order valence-electron chi connectivity index (χ2n) is 6.32. The van der Waals surface area contributed by atoms with Crippen molar-refractivity contribution in [2.45, 2.75) is 24.7 Å². The van der Waals surface area contributed by atoms with Gasteiger partial charge in [0.1, 0.15) is 17.3 Å². The number of hydrogen-bond acceptors (Lipinski definition) is 7. The molecule has 0 radical (unpaired) electrons. The summed E-state index contributed by atoms with van der Waals surface area (Å²) in [4.78, 5) is 12.1. The fraction of sp³-hybridized carbons (Fsp3) is 0.286. The zero-order valence-corrected chi connectivity index (χ0v) is 17.4. The molecule has 1 heterocycles. The van der Waals surface area contributed by atoms with E-state index < -0.39 is 6.10 Å². The zero-order chi connectivity index (χ0) is 21.3. The molecule has 0 fully saturated rings. The van der Waals surface area contributed by atoms with Crippen molar-refractivity contribution in [2.24, 2.45) is 0 Å². The minimum Gasteiger partial charge on any atom is -0.496 e. The van der Waals surface area contributed by atoms with Gasteiger partial charge in [0, 0.05) is 6.54 Å². The number of nitrogens with zero attached hydrogens (tertiary/aromatic N) is 2. The molecule has 0 saturated carbocycles. The molecule has 7 nitrogen and oxygen atoms in total. The van der Waals surface area contributed by atoms with Crippen molar-refractivity contribution in [1.29, 1.82) is 0 Å². The lowest BCUT2D eigenvalue weighted by Crippen LogP contribution is -2.27. The summed E-state index contributed by atoms with van der Waals surface area (Å²) in [6.07, 6.45) is 0.163. The van der Waals surface area contributed by atoms with E-state index in [1.165, 1.54) is 24.3 Å². The van der Waals surface area contributed by atoms with Gasteiger partial charge in [-0.15, -0.1) is 10.2 Å². The lowest BCUT2D eigenvalue weighted by atomic mass is 10.1. The van der Waals surface area contributed by atoms with Crippen LogP contribution < -0.4 is 14.8 Å². The van der Waals surface area contributed by atoms with Crippen molar-refractivity contribution in [3.05, 3.63) is 65.8 Å². The molecule has 0 aliphatic rings. The van der Waals surface area contributed by atoms with E-state index in [4.69, 9.17) is 13.9 Å². The van der Waals surface area contributed by atoms with Crippen molar-refractivity contribution >= 4 is 17.7 Å². The number of carbonyl (C=O) groups excluding carboxylic acids is 1. The molecule has 2 aromatic carbocycles. The smallest absolute Gasteiger partial charge is 0.277 e. The van der Waals surface area contributed by atoms with Gasteiger partial charge >= 0.3 is 0 Å². The molecule has 3 rings (SSSR count). The first kappa shape index (κ1) is 21.6. The molecule has 9 heteroatoms. The Hall–Kier alpha value is -3.07. The van der Waals surface area contributed by atoms with Gasteiger partial charge in [-0.1, -0.05) is 30.0 Å². The van der Waals surface area contributed by atoms with Crippen molar-refractivity contribution < 1.29 is 23.1 Å². The molecule has 30 heavy (non-hydrogen) atoms. The van der Waals surface area contributed by atoms with E-state index in [1.54, 1.807) is 14.0 Å². The number of amides is 1. The van der Waals surface area contributed by atoms with E-state index >= 15 is 0 Å². The quantitative estimate of drug-likeness (QED) is 0.489. The van der Waals surface area contributed by atoms with Gasteiger partial charge in [0.25, 0.3) is 11.1 Å². The summed E-state index contributed by atoms with van der Waals surface area (Å²) in [6, 6.07) is 13.4. The monoisotopic (exact) mass is 431 g/mol. The molecule has 0 aliphatic heterocycles. The van der Waals surface area contributed by atoms with Crippen LogP contribution in [0.1, 0.15) is 24.5 Å². The summed E-state index contributed by atoms with van der Waals surface area (Å²) in [7, 11) is 1.62. The van der Waals surface area contributed by atoms with Gasteiger partial charge in [0.15, 0.2) is 6.10 Å². The van der Waals surface area contributed by atoms with Crippen LogP contribution in [0.5, 0.6) is 11.5 Å². The van der Waals surface area contributed by atoms with Crippen LogP contribution in [-0.2, 0) is 11.2 Å². The van der Waals surface area contributed by atoms with E-state index in [-0.39, 0.29) is 28.6 Å². The van der Waals surface area contributed by atoms with Crippen LogP contribution in [-0.4, -0.2) is 35.5 Å². The zero-order valence-electron chi connectivity index (χ0n) is 16.6. The number of hydrogen-bond donors (Lipinski definition) is 1. The number of carbonyl (C=O) groups is 1. The highest BCUT2D eigenvalue weighted by molar-refractivity contribution is 7.99. The molecule has 158 valence electrons.